The summed E-state index contributed by atoms with van der Waals surface area (Å²) in [6.45, 7) is 3.41. The van der Waals surface area contributed by atoms with Crippen molar-refractivity contribution < 1.29 is 8.42 Å². The lowest BCUT2D eigenvalue weighted by atomic mass is 9.96. The first-order chi connectivity index (χ1) is 11.0. The zero-order valence-electron chi connectivity index (χ0n) is 14.0. The van der Waals surface area contributed by atoms with E-state index < -0.39 is 9.84 Å². The molecule has 1 aliphatic carbocycles. The molecule has 1 aromatic carbocycles. The maximum Gasteiger partial charge on any atom is 0.191 e. The molecule has 0 aliphatic heterocycles. The second-order valence-electron chi connectivity index (χ2n) is 6.09. The van der Waals surface area contributed by atoms with Crippen molar-refractivity contribution in [3.05, 3.63) is 29.8 Å². The molecule has 1 fully saturated rings. The lowest BCUT2D eigenvalue weighted by Gasteiger charge is -2.24. The van der Waals surface area contributed by atoms with Crippen LogP contribution < -0.4 is 10.6 Å². The first-order valence-electron chi connectivity index (χ1n) is 8.33. The van der Waals surface area contributed by atoms with Gasteiger partial charge in [-0.2, -0.15) is 0 Å². The number of sulfone groups is 1. The average Bonchev–Trinajstić information content (AvgIpc) is 2.53. The molecular formula is C17H27N3O2S. The Morgan fingerprint density at radius 2 is 1.83 bits per heavy atom. The van der Waals surface area contributed by atoms with Gasteiger partial charge in [0.05, 0.1) is 11.4 Å². The van der Waals surface area contributed by atoms with Crippen molar-refractivity contribution in [3.8, 4) is 0 Å². The largest absolute Gasteiger partial charge is 0.357 e. The number of guanidine groups is 1. The van der Waals surface area contributed by atoms with Gasteiger partial charge in [0.2, 0.25) is 0 Å². The highest BCUT2D eigenvalue weighted by Gasteiger charge is 2.14. The van der Waals surface area contributed by atoms with Crippen LogP contribution >= 0.6 is 0 Å². The van der Waals surface area contributed by atoms with Crippen molar-refractivity contribution in [2.24, 2.45) is 4.99 Å². The summed E-state index contributed by atoms with van der Waals surface area (Å²) in [7, 11) is -3.14. The lowest BCUT2D eigenvalue weighted by molar-refractivity contribution is 0.410. The fourth-order valence-electron chi connectivity index (χ4n) is 2.77. The van der Waals surface area contributed by atoms with E-state index in [1.807, 2.05) is 12.1 Å². The Labute approximate surface area is 139 Å². The van der Waals surface area contributed by atoms with Gasteiger partial charge < -0.3 is 10.6 Å². The lowest BCUT2D eigenvalue weighted by Crippen LogP contribution is -2.44. The molecule has 128 valence electrons. The highest BCUT2D eigenvalue weighted by Crippen LogP contribution is 2.17. The minimum atomic E-state index is -3.14. The van der Waals surface area contributed by atoms with Gasteiger partial charge in [-0.25, -0.2) is 13.4 Å². The van der Waals surface area contributed by atoms with Crippen LogP contribution in [0.4, 0.5) is 0 Å². The van der Waals surface area contributed by atoms with Crippen LogP contribution in [0.1, 0.15) is 44.6 Å². The Kier molecular flexibility index (Phi) is 6.45. The molecule has 1 aromatic rings. The van der Waals surface area contributed by atoms with Gasteiger partial charge in [-0.15, -0.1) is 0 Å². The molecule has 0 saturated heterocycles. The van der Waals surface area contributed by atoms with Crippen LogP contribution in [0.5, 0.6) is 0 Å². The normalized spacial score (nSPS) is 17.0. The van der Waals surface area contributed by atoms with Crippen molar-refractivity contribution in [2.45, 2.75) is 56.5 Å². The SMILES string of the molecule is CCNC(=NCc1ccc(S(C)(=O)=O)cc1)NC1CCCCC1. The minimum Gasteiger partial charge on any atom is -0.357 e. The molecule has 0 aromatic heterocycles. The first kappa shape index (κ1) is 17.8. The van der Waals surface area contributed by atoms with Gasteiger partial charge in [-0.05, 0) is 37.5 Å². The summed E-state index contributed by atoms with van der Waals surface area (Å²) in [6.07, 6.45) is 7.52. The summed E-state index contributed by atoms with van der Waals surface area (Å²) < 4.78 is 22.9. The molecule has 0 bridgehead atoms. The van der Waals surface area contributed by atoms with E-state index in [0.29, 0.717) is 17.5 Å². The number of hydrogen-bond acceptors (Lipinski definition) is 3. The maximum absolute atomic E-state index is 11.5. The Balaban J connectivity index is 1.99. The third-order valence-electron chi connectivity index (χ3n) is 4.06. The number of nitrogens with zero attached hydrogens (tertiary/aromatic N) is 1. The Morgan fingerprint density at radius 3 is 2.39 bits per heavy atom. The van der Waals surface area contributed by atoms with E-state index in [-0.39, 0.29) is 0 Å². The standard InChI is InChI=1S/C17H27N3O2S/c1-3-18-17(20-15-7-5-4-6-8-15)19-13-14-9-11-16(12-10-14)23(2,21)22/h9-12,15H,3-8,13H2,1-2H3,(H2,18,19,20). The topological polar surface area (TPSA) is 70.6 Å². The molecule has 0 amide bonds. The first-order valence-corrected chi connectivity index (χ1v) is 10.2. The Bertz CT molecular complexity index is 618. The third kappa shape index (κ3) is 5.86. The van der Waals surface area contributed by atoms with Gasteiger partial charge in [0.25, 0.3) is 0 Å². The van der Waals surface area contributed by atoms with Crippen molar-refractivity contribution in [1.82, 2.24) is 10.6 Å². The van der Waals surface area contributed by atoms with Crippen LogP contribution in [0.3, 0.4) is 0 Å². The summed E-state index contributed by atoms with van der Waals surface area (Å²) >= 11 is 0. The molecular weight excluding hydrogens is 310 g/mol. The van der Waals surface area contributed by atoms with Gasteiger partial charge in [0.15, 0.2) is 15.8 Å². The van der Waals surface area contributed by atoms with E-state index in [0.717, 1.165) is 18.1 Å². The van der Waals surface area contributed by atoms with E-state index >= 15 is 0 Å². The van der Waals surface area contributed by atoms with Crippen molar-refractivity contribution >= 4 is 15.8 Å². The van der Waals surface area contributed by atoms with Crippen LogP contribution in [0.25, 0.3) is 0 Å². The molecule has 0 heterocycles. The quantitative estimate of drug-likeness (QED) is 0.640. The predicted molar refractivity (Wildman–Crippen MR) is 94.4 cm³/mol. The highest BCUT2D eigenvalue weighted by molar-refractivity contribution is 7.90. The summed E-state index contributed by atoms with van der Waals surface area (Å²) in [5.41, 5.74) is 0.998. The zero-order chi connectivity index (χ0) is 16.7. The molecule has 23 heavy (non-hydrogen) atoms. The summed E-state index contributed by atoms with van der Waals surface area (Å²) in [4.78, 5) is 4.96. The Morgan fingerprint density at radius 1 is 1.17 bits per heavy atom. The second-order valence-corrected chi connectivity index (χ2v) is 8.11. The molecule has 0 spiro atoms. The van der Waals surface area contributed by atoms with Crippen LogP contribution in [-0.4, -0.2) is 33.2 Å². The smallest absolute Gasteiger partial charge is 0.191 e. The molecule has 2 rings (SSSR count). The van der Waals surface area contributed by atoms with Crippen molar-refractivity contribution in [3.63, 3.8) is 0 Å². The number of benzene rings is 1. The minimum absolute atomic E-state index is 0.345. The van der Waals surface area contributed by atoms with Gasteiger partial charge in [0, 0.05) is 18.8 Å². The van der Waals surface area contributed by atoms with Crippen LogP contribution in [-0.2, 0) is 16.4 Å². The molecule has 0 radical (unpaired) electrons. The number of rotatable bonds is 5. The van der Waals surface area contributed by atoms with Gasteiger partial charge in [-0.3, -0.25) is 0 Å². The van der Waals surface area contributed by atoms with Gasteiger partial charge >= 0.3 is 0 Å². The molecule has 1 aliphatic rings. The van der Waals surface area contributed by atoms with E-state index in [1.54, 1.807) is 12.1 Å². The third-order valence-corrected chi connectivity index (χ3v) is 5.19. The van der Waals surface area contributed by atoms with Crippen molar-refractivity contribution in [1.29, 1.82) is 0 Å². The van der Waals surface area contributed by atoms with Crippen LogP contribution in [0, 0.1) is 0 Å². The fraction of sp³-hybridized carbons (Fsp3) is 0.588. The molecule has 0 atom stereocenters. The number of hydrogen-bond donors (Lipinski definition) is 2. The van der Waals surface area contributed by atoms with E-state index in [2.05, 4.69) is 22.5 Å². The summed E-state index contributed by atoms with van der Waals surface area (Å²) in [5.74, 6) is 0.839. The van der Waals surface area contributed by atoms with Gasteiger partial charge in [-0.1, -0.05) is 31.4 Å². The Hall–Kier alpha value is -1.56. The maximum atomic E-state index is 11.5. The molecule has 2 N–H and O–H groups in total. The average molecular weight is 337 g/mol. The van der Waals surface area contributed by atoms with Gasteiger partial charge in [0.1, 0.15) is 0 Å². The highest BCUT2D eigenvalue weighted by atomic mass is 32.2. The van der Waals surface area contributed by atoms with Crippen molar-refractivity contribution in [2.75, 3.05) is 12.8 Å². The monoisotopic (exact) mass is 337 g/mol. The van der Waals surface area contributed by atoms with Crippen LogP contribution in [0.2, 0.25) is 0 Å². The van der Waals surface area contributed by atoms with E-state index in [4.69, 9.17) is 0 Å². The summed E-state index contributed by atoms with van der Waals surface area (Å²) in [6, 6.07) is 7.44. The number of nitrogens with one attached hydrogen (secondary N) is 2. The fourth-order valence-corrected chi connectivity index (χ4v) is 3.40. The molecule has 5 nitrogen and oxygen atoms in total. The molecule has 1 saturated carbocycles. The summed E-state index contributed by atoms with van der Waals surface area (Å²) in [5, 5.41) is 6.78. The molecule has 6 heteroatoms. The second kappa shape index (κ2) is 8.34. The predicted octanol–water partition coefficient (Wildman–Crippen LogP) is 2.48. The van der Waals surface area contributed by atoms with E-state index in [9.17, 15) is 8.42 Å². The van der Waals surface area contributed by atoms with Crippen LogP contribution in [0.15, 0.2) is 34.2 Å². The zero-order valence-corrected chi connectivity index (χ0v) is 14.8. The van der Waals surface area contributed by atoms with E-state index in [1.165, 1.54) is 38.4 Å². The molecule has 0 unspecified atom stereocenters. The number of aliphatic imine (C=N–C) groups is 1.